The number of aliphatic hydroxyl groups excluding tert-OH is 1. The summed E-state index contributed by atoms with van der Waals surface area (Å²) in [4.78, 5) is 11.5. The van der Waals surface area contributed by atoms with E-state index in [1.807, 2.05) is 0 Å². The lowest BCUT2D eigenvalue weighted by Gasteiger charge is -2.36. The number of nitrogens with one attached hydrogen (secondary N) is 1. The fourth-order valence-electron chi connectivity index (χ4n) is 1.47. The number of ether oxygens (including phenoxy) is 1. The van der Waals surface area contributed by atoms with Crippen molar-refractivity contribution in [2.75, 3.05) is 6.61 Å². The van der Waals surface area contributed by atoms with Crippen molar-refractivity contribution in [2.24, 2.45) is 5.41 Å². The summed E-state index contributed by atoms with van der Waals surface area (Å²) >= 11 is 0. The first-order chi connectivity index (χ1) is 7.79. The van der Waals surface area contributed by atoms with Crippen LogP contribution in [0.1, 0.15) is 41.5 Å². The molecule has 0 radical (unpaired) electrons. The average Bonchev–Trinajstić information content (AvgIpc) is 2.09. The van der Waals surface area contributed by atoms with Gasteiger partial charge in [-0.1, -0.05) is 20.8 Å². The second-order valence-electron chi connectivity index (χ2n) is 6.36. The molecule has 0 aliphatic rings. The molecule has 0 heterocycles. The quantitative estimate of drug-likeness (QED) is 0.826. The van der Waals surface area contributed by atoms with Crippen LogP contribution in [0.3, 0.4) is 0 Å². The van der Waals surface area contributed by atoms with Gasteiger partial charge in [-0.05, 0) is 26.2 Å². The van der Waals surface area contributed by atoms with Crippen LogP contribution in [-0.2, 0) is 4.74 Å². The summed E-state index contributed by atoms with van der Waals surface area (Å²) in [5.41, 5.74) is -1.68. The fraction of sp³-hybridized carbons (Fsp3) is 0.917. The third-order valence-electron chi connectivity index (χ3n) is 2.16. The van der Waals surface area contributed by atoms with E-state index in [1.54, 1.807) is 41.5 Å². The molecule has 1 amide bonds. The van der Waals surface area contributed by atoms with E-state index >= 15 is 0 Å². The van der Waals surface area contributed by atoms with Crippen LogP contribution in [0.2, 0.25) is 0 Å². The van der Waals surface area contributed by atoms with Crippen molar-refractivity contribution in [3.63, 3.8) is 0 Å². The maximum atomic E-state index is 13.6. The molecule has 2 N–H and O–H groups in total. The topological polar surface area (TPSA) is 58.6 Å². The van der Waals surface area contributed by atoms with E-state index in [0.29, 0.717) is 0 Å². The minimum Gasteiger partial charge on any atom is -0.444 e. The van der Waals surface area contributed by atoms with Gasteiger partial charge in [0, 0.05) is 0 Å². The molecule has 0 rings (SSSR count). The second kappa shape index (κ2) is 5.38. The molecule has 1 unspecified atom stereocenters. The number of hydrogen-bond donors (Lipinski definition) is 2. The van der Waals surface area contributed by atoms with Crippen LogP contribution in [0.25, 0.3) is 0 Å². The van der Waals surface area contributed by atoms with Gasteiger partial charge in [-0.25, -0.2) is 13.6 Å². The number of alkyl carbamates (subject to hydrolysis) is 1. The molecule has 0 aliphatic carbocycles. The summed E-state index contributed by atoms with van der Waals surface area (Å²) in [5.74, 6) is -3.41. The molecule has 6 heteroatoms. The number of hydrogen-bond acceptors (Lipinski definition) is 3. The second-order valence-corrected chi connectivity index (χ2v) is 6.36. The van der Waals surface area contributed by atoms with Gasteiger partial charge in [0.15, 0.2) is 0 Å². The Balaban J connectivity index is 4.89. The summed E-state index contributed by atoms with van der Waals surface area (Å²) in [7, 11) is 0. The van der Waals surface area contributed by atoms with E-state index in [4.69, 9.17) is 9.84 Å². The summed E-state index contributed by atoms with van der Waals surface area (Å²) in [6.45, 7) is 8.26. The standard InChI is InChI=1S/C12H23F2NO3/c1-10(2,3)8(12(13,14)7-16)15-9(17)18-11(4,5)6/h8,16H,7H2,1-6H3,(H,15,17). The van der Waals surface area contributed by atoms with Crippen LogP contribution < -0.4 is 5.32 Å². The highest BCUT2D eigenvalue weighted by Gasteiger charge is 2.47. The van der Waals surface area contributed by atoms with Crippen LogP contribution >= 0.6 is 0 Å². The Bertz CT molecular complexity index is 293. The SMILES string of the molecule is CC(C)(C)OC(=O)NC(C(C)(C)C)C(F)(F)CO. The Labute approximate surface area is 107 Å². The molecule has 4 nitrogen and oxygen atoms in total. The van der Waals surface area contributed by atoms with Gasteiger partial charge in [-0.3, -0.25) is 0 Å². The zero-order valence-electron chi connectivity index (χ0n) is 11.8. The first-order valence-corrected chi connectivity index (χ1v) is 5.78. The van der Waals surface area contributed by atoms with Gasteiger partial charge in [-0.15, -0.1) is 0 Å². The first-order valence-electron chi connectivity index (χ1n) is 5.78. The lowest BCUT2D eigenvalue weighted by atomic mass is 9.83. The summed E-state index contributed by atoms with van der Waals surface area (Å²) in [6, 6.07) is -1.51. The van der Waals surface area contributed by atoms with Gasteiger partial charge < -0.3 is 15.2 Å². The number of halogens is 2. The largest absolute Gasteiger partial charge is 0.444 e. The third-order valence-corrected chi connectivity index (χ3v) is 2.16. The van der Waals surface area contributed by atoms with Crippen LogP contribution in [0.4, 0.5) is 13.6 Å². The van der Waals surface area contributed by atoms with Crippen molar-refractivity contribution in [3.8, 4) is 0 Å². The van der Waals surface area contributed by atoms with E-state index in [-0.39, 0.29) is 0 Å². The number of carbonyl (C=O) groups is 1. The van der Waals surface area contributed by atoms with Crippen molar-refractivity contribution in [3.05, 3.63) is 0 Å². The summed E-state index contributed by atoms with van der Waals surface area (Å²) < 4.78 is 32.1. The molecule has 0 aromatic carbocycles. The monoisotopic (exact) mass is 267 g/mol. The van der Waals surface area contributed by atoms with E-state index in [0.717, 1.165) is 0 Å². The van der Waals surface area contributed by atoms with Crippen LogP contribution in [-0.4, -0.2) is 35.4 Å². The van der Waals surface area contributed by atoms with Gasteiger partial charge in [0.25, 0.3) is 5.92 Å². The lowest BCUT2D eigenvalue weighted by Crippen LogP contribution is -2.57. The lowest BCUT2D eigenvalue weighted by molar-refractivity contribution is -0.106. The van der Waals surface area contributed by atoms with E-state index in [9.17, 15) is 13.6 Å². The first kappa shape index (κ1) is 17.1. The normalized spacial score (nSPS) is 15.2. The van der Waals surface area contributed by atoms with Crippen molar-refractivity contribution >= 4 is 6.09 Å². The Morgan fingerprint density at radius 1 is 1.22 bits per heavy atom. The average molecular weight is 267 g/mol. The Hall–Kier alpha value is -0.910. The zero-order chi connectivity index (χ0) is 14.8. The minimum absolute atomic E-state index is 0.763. The molecule has 0 saturated carbocycles. The Morgan fingerprint density at radius 3 is 1.94 bits per heavy atom. The highest BCUT2D eigenvalue weighted by atomic mass is 19.3. The maximum absolute atomic E-state index is 13.6. The predicted molar refractivity (Wildman–Crippen MR) is 64.6 cm³/mol. The number of alkyl halides is 2. The van der Waals surface area contributed by atoms with Crippen LogP contribution in [0.15, 0.2) is 0 Å². The molecule has 0 spiro atoms. The zero-order valence-corrected chi connectivity index (χ0v) is 11.8. The molecule has 0 bridgehead atoms. The molecule has 0 aliphatic heterocycles. The third kappa shape index (κ3) is 5.62. The minimum atomic E-state index is -3.41. The predicted octanol–water partition coefficient (Wildman–Crippen LogP) is 2.55. The Morgan fingerprint density at radius 2 is 1.67 bits per heavy atom. The summed E-state index contributed by atoms with van der Waals surface area (Å²) in [5, 5.41) is 10.9. The molecular formula is C12H23F2NO3. The van der Waals surface area contributed by atoms with Gasteiger partial charge >= 0.3 is 6.09 Å². The summed E-state index contributed by atoms with van der Waals surface area (Å²) in [6.07, 6.45) is -0.921. The van der Waals surface area contributed by atoms with E-state index in [1.165, 1.54) is 0 Å². The smallest absolute Gasteiger partial charge is 0.408 e. The van der Waals surface area contributed by atoms with Crippen molar-refractivity contribution in [1.29, 1.82) is 0 Å². The van der Waals surface area contributed by atoms with E-state index in [2.05, 4.69) is 5.32 Å². The molecule has 0 aromatic rings. The Kier molecular flexibility index (Phi) is 5.11. The number of rotatable bonds is 3. The van der Waals surface area contributed by atoms with Gasteiger partial charge in [0.1, 0.15) is 18.2 Å². The number of carbonyl (C=O) groups excluding carboxylic acids is 1. The molecule has 18 heavy (non-hydrogen) atoms. The molecule has 0 fully saturated rings. The number of amides is 1. The fourth-order valence-corrected chi connectivity index (χ4v) is 1.47. The maximum Gasteiger partial charge on any atom is 0.408 e. The highest BCUT2D eigenvalue weighted by Crippen LogP contribution is 2.32. The van der Waals surface area contributed by atoms with Crippen molar-refractivity contribution in [1.82, 2.24) is 5.32 Å². The molecular weight excluding hydrogens is 244 g/mol. The van der Waals surface area contributed by atoms with Crippen molar-refractivity contribution < 1.29 is 23.4 Å². The molecule has 1 atom stereocenters. The van der Waals surface area contributed by atoms with Gasteiger partial charge in [0.2, 0.25) is 0 Å². The highest BCUT2D eigenvalue weighted by molar-refractivity contribution is 5.68. The molecule has 0 saturated heterocycles. The van der Waals surface area contributed by atoms with Crippen LogP contribution in [0.5, 0.6) is 0 Å². The van der Waals surface area contributed by atoms with Crippen molar-refractivity contribution in [2.45, 2.75) is 59.1 Å². The molecule has 0 aromatic heterocycles. The number of aliphatic hydroxyl groups is 1. The molecule has 108 valence electrons. The van der Waals surface area contributed by atoms with Crippen LogP contribution in [0, 0.1) is 5.41 Å². The van der Waals surface area contributed by atoms with Gasteiger partial charge in [-0.2, -0.15) is 0 Å². The van der Waals surface area contributed by atoms with E-state index < -0.39 is 35.7 Å². The van der Waals surface area contributed by atoms with Gasteiger partial charge in [0.05, 0.1) is 0 Å².